The molecule has 2 aliphatic heterocycles. The molecule has 2 aromatic rings. The van der Waals surface area contributed by atoms with Crippen LogP contribution >= 0.6 is 0 Å². The standard InChI is InChI=1S/C17H20N4O3/c22-15(12-2-1-3-13-14(12)21-10-20-13)19-9-11-8-17(16(23)24-11)4-6-18-7-5-17/h1-3,10-11,18H,4-9H2,(H,19,22)(H,20,21). The quantitative estimate of drug-likeness (QED) is 0.730. The zero-order valence-electron chi connectivity index (χ0n) is 13.3. The molecule has 0 aliphatic carbocycles. The molecule has 1 spiro atoms. The molecule has 24 heavy (non-hydrogen) atoms. The van der Waals surface area contributed by atoms with Crippen LogP contribution in [0.15, 0.2) is 24.5 Å². The van der Waals surface area contributed by atoms with Crippen molar-refractivity contribution in [2.24, 2.45) is 5.41 Å². The first-order valence-electron chi connectivity index (χ1n) is 8.30. The SMILES string of the molecule is O=C(NCC1CC2(CCNCC2)C(=O)O1)c1cccc2[nH]cnc12. The van der Waals surface area contributed by atoms with Crippen molar-refractivity contribution < 1.29 is 14.3 Å². The van der Waals surface area contributed by atoms with Crippen molar-refractivity contribution in [2.45, 2.75) is 25.4 Å². The van der Waals surface area contributed by atoms with E-state index in [0.29, 0.717) is 24.0 Å². The number of hydrogen-bond donors (Lipinski definition) is 3. The van der Waals surface area contributed by atoms with Gasteiger partial charge < -0.3 is 20.4 Å². The summed E-state index contributed by atoms with van der Waals surface area (Å²) in [5.41, 5.74) is 1.63. The highest BCUT2D eigenvalue weighted by Crippen LogP contribution is 2.41. The summed E-state index contributed by atoms with van der Waals surface area (Å²) in [7, 11) is 0. The first-order chi connectivity index (χ1) is 11.7. The van der Waals surface area contributed by atoms with E-state index < -0.39 is 0 Å². The van der Waals surface area contributed by atoms with Crippen LogP contribution in [0.2, 0.25) is 0 Å². The Hall–Kier alpha value is -2.41. The zero-order valence-corrected chi connectivity index (χ0v) is 13.3. The first kappa shape index (κ1) is 15.1. The molecule has 1 unspecified atom stereocenters. The molecule has 2 fully saturated rings. The molecule has 1 aromatic heterocycles. The van der Waals surface area contributed by atoms with Gasteiger partial charge in [0.15, 0.2) is 0 Å². The smallest absolute Gasteiger partial charge is 0.312 e. The van der Waals surface area contributed by atoms with Crippen molar-refractivity contribution >= 4 is 22.9 Å². The third-order valence-electron chi connectivity index (χ3n) is 5.07. The van der Waals surface area contributed by atoms with E-state index in [4.69, 9.17) is 4.74 Å². The van der Waals surface area contributed by atoms with Gasteiger partial charge in [-0.2, -0.15) is 0 Å². The predicted molar refractivity (Wildman–Crippen MR) is 87.5 cm³/mol. The van der Waals surface area contributed by atoms with Gasteiger partial charge in [0.1, 0.15) is 11.6 Å². The number of cyclic esters (lactones) is 1. The largest absolute Gasteiger partial charge is 0.460 e. The van der Waals surface area contributed by atoms with Crippen molar-refractivity contribution in [3.8, 4) is 0 Å². The summed E-state index contributed by atoms with van der Waals surface area (Å²) >= 11 is 0. The highest BCUT2D eigenvalue weighted by Gasteiger charge is 2.49. The van der Waals surface area contributed by atoms with E-state index in [1.807, 2.05) is 12.1 Å². The van der Waals surface area contributed by atoms with E-state index in [9.17, 15) is 9.59 Å². The molecule has 2 saturated heterocycles. The summed E-state index contributed by atoms with van der Waals surface area (Å²) in [6.07, 6.45) is 3.62. The van der Waals surface area contributed by atoms with Crippen molar-refractivity contribution in [3.05, 3.63) is 30.1 Å². The molecule has 3 heterocycles. The van der Waals surface area contributed by atoms with Gasteiger partial charge in [-0.1, -0.05) is 6.07 Å². The zero-order chi connectivity index (χ0) is 16.6. The fraction of sp³-hybridized carbons (Fsp3) is 0.471. The van der Waals surface area contributed by atoms with Crippen LogP contribution in [-0.2, 0) is 9.53 Å². The maximum absolute atomic E-state index is 12.4. The molecule has 126 valence electrons. The monoisotopic (exact) mass is 328 g/mol. The number of nitrogens with zero attached hydrogens (tertiary/aromatic N) is 1. The van der Waals surface area contributed by atoms with Crippen LogP contribution in [0.4, 0.5) is 0 Å². The number of fused-ring (bicyclic) bond motifs is 1. The Morgan fingerprint density at radius 2 is 2.21 bits per heavy atom. The lowest BCUT2D eigenvalue weighted by molar-refractivity contribution is -0.149. The fourth-order valence-electron chi connectivity index (χ4n) is 3.72. The van der Waals surface area contributed by atoms with Crippen LogP contribution in [0.25, 0.3) is 11.0 Å². The summed E-state index contributed by atoms with van der Waals surface area (Å²) < 4.78 is 5.51. The number of amides is 1. The Balaban J connectivity index is 1.41. The van der Waals surface area contributed by atoms with E-state index in [-0.39, 0.29) is 23.4 Å². The Bertz CT molecular complexity index is 779. The van der Waals surface area contributed by atoms with Crippen molar-refractivity contribution in [3.63, 3.8) is 0 Å². The number of H-pyrrole nitrogens is 1. The van der Waals surface area contributed by atoms with Gasteiger partial charge in [-0.25, -0.2) is 4.98 Å². The van der Waals surface area contributed by atoms with Gasteiger partial charge >= 0.3 is 5.97 Å². The number of aromatic amines is 1. The Labute approximate surface area is 139 Å². The Morgan fingerprint density at radius 3 is 3.04 bits per heavy atom. The van der Waals surface area contributed by atoms with Gasteiger partial charge in [-0.05, 0) is 38.1 Å². The average Bonchev–Trinajstić information content (AvgIpc) is 3.19. The molecule has 1 atom stereocenters. The number of rotatable bonds is 3. The third-order valence-corrected chi connectivity index (χ3v) is 5.07. The van der Waals surface area contributed by atoms with Gasteiger partial charge in [0.2, 0.25) is 0 Å². The molecule has 0 radical (unpaired) electrons. The normalized spacial score (nSPS) is 22.7. The minimum atomic E-state index is -0.358. The lowest BCUT2D eigenvalue weighted by atomic mass is 9.76. The molecule has 0 bridgehead atoms. The van der Waals surface area contributed by atoms with Gasteiger partial charge in [-0.3, -0.25) is 9.59 Å². The van der Waals surface area contributed by atoms with Crippen LogP contribution in [0.5, 0.6) is 0 Å². The maximum Gasteiger partial charge on any atom is 0.312 e. The molecule has 1 aromatic carbocycles. The molecule has 2 aliphatic rings. The third kappa shape index (κ3) is 2.54. The van der Waals surface area contributed by atoms with E-state index in [1.54, 1.807) is 12.4 Å². The minimum absolute atomic E-state index is 0.113. The number of carbonyl (C=O) groups is 2. The number of hydrogen-bond acceptors (Lipinski definition) is 5. The number of benzene rings is 1. The summed E-state index contributed by atoms with van der Waals surface area (Å²) in [6, 6.07) is 5.43. The average molecular weight is 328 g/mol. The minimum Gasteiger partial charge on any atom is -0.460 e. The molecular formula is C17H20N4O3. The summed E-state index contributed by atoms with van der Waals surface area (Å²) in [6.45, 7) is 2.02. The lowest BCUT2D eigenvalue weighted by Gasteiger charge is -2.29. The van der Waals surface area contributed by atoms with E-state index in [0.717, 1.165) is 31.4 Å². The second-order valence-corrected chi connectivity index (χ2v) is 6.58. The van der Waals surface area contributed by atoms with Crippen LogP contribution in [0.3, 0.4) is 0 Å². The summed E-state index contributed by atoms with van der Waals surface area (Å²) in [5, 5.41) is 6.15. The molecule has 1 amide bonds. The van der Waals surface area contributed by atoms with E-state index in [2.05, 4.69) is 20.6 Å². The van der Waals surface area contributed by atoms with Crippen molar-refractivity contribution in [1.82, 2.24) is 20.6 Å². The second kappa shape index (κ2) is 5.90. The second-order valence-electron chi connectivity index (χ2n) is 6.58. The van der Waals surface area contributed by atoms with Crippen LogP contribution in [0, 0.1) is 5.41 Å². The summed E-state index contributed by atoms with van der Waals surface area (Å²) in [5.74, 6) is -0.312. The van der Waals surface area contributed by atoms with Gasteiger partial charge in [0, 0.05) is 6.42 Å². The first-order valence-corrected chi connectivity index (χ1v) is 8.30. The number of para-hydroxylation sites is 1. The highest BCUT2D eigenvalue weighted by atomic mass is 16.6. The fourth-order valence-corrected chi connectivity index (χ4v) is 3.72. The van der Waals surface area contributed by atoms with E-state index >= 15 is 0 Å². The molecular weight excluding hydrogens is 308 g/mol. The lowest BCUT2D eigenvalue weighted by Crippen LogP contribution is -2.39. The molecule has 3 N–H and O–H groups in total. The number of nitrogens with one attached hydrogen (secondary N) is 3. The molecule has 0 saturated carbocycles. The number of esters is 1. The molecule has 7 heteroatoms. The number of piperidine rings is 1. The Kier molecular flexibility index (Phi) is 3.72. The van der Waals surface area contributed by atoms with Crippen molar-refractivity contribution in [2.75, 3.05) is 19.6 Å². The van der Waals surface area contributed by atoms with Crippen LogP contribution < -0.4 is 10.6 Å². The molecule has 7 nitrogen and oxygen atoms in total. The summed E-state index contributed by atoms with van der Waals surface area (Å²) in [4.78, 5) is 31.9. The number of imidazole rings is 1. The van der Waals surface area contributed by atoms with Gasteiger partial charge in [0.05, 0.1) is 29.4 Å². The highest BCUT2D eigenvalue weighted by molar-refractivity contribution is 6.04. The van der Waals surface area contributed by atoms with Gasteiger partial charge in [-0.15, -0.1) is 0 Å². The number of aromatic nitrogens is 2. The van der Waals surface area contributed by atoms with Crippen LogP contribution in [-0.4, -0.2) is 47.6 Å². The maximum atomic E-state index is 12.4. The Morgan fingerprint density at radius 1 is 1.38 bits per heavy atom. The topological polar surface area (TPSA) is 96.1 Å². The molecule has 4 rings (SSSR count). The predicted octanol–water partition coefficient (Wildman–Crippen LogP) is 0.978. The number of carbonyl (C=O) groups excluding carboxylic acids is 2. The van der Waals surface area contributed by atoms with Crippen LogP contribution in [0.1, 0.15) is 29.6 Å². The van der Waals surface area contributed by atoms with E-state index in [1.165, 1.54) is 0 Å². The van der Waals surface area contributed by atoms with Crippen molar-refractivity contribution in [1.29, 1.82) is 0 Å². The van der Waals surface area contributed by atoms with Gasteiger partial charge in [0.25, 0.3) is 5.91 Å². The number of ether oxygens (including phenoxy) is 1.